The van der Waals surface area contributed by atoms with E-state index in [0.29, 0.717) is 5.56 Å². The number of aromatic nitrogens is 1. The molecule has 2 heterocycles. The highest BCUT2D eigenvalue weighted by atomic mass is 16.2. The molecular formula is C13H19N3O2. The van der Waals surface area contributed by atoms with Crippen molar-refractivity contribution in [3.63, 3.8) is 0 Å². The minimum absolute atomic E-state index is 0.0366. The van der Waals surface area contributed by atoms with Crippen LogP contribution in [0.15, 0.2) is 23.1 Å². The molecule has 0 aromatic carbocycles. The van der Waals surface area contributed by atoms with Crippen molar-refractivity contribution in [1.29, 1.82) is 0 Å². The van der Waals surface area contributed by atoms with E-state index in [4.69, 9.17) is 0 Å². The summed E-state index contributed by atoms with van der Waals surface area (Å²) in [5.41, 5.74) is 0.244. The summed E-state index contributed by atoms with van der Waals surface area (Å²) in [5, 5.41) is 0. The molecule has 0 bridgehead atoms. The Kier molecular flexibility index (Phi) is 3.81. The Bertz CT molecular complexity index is 481. The van der Waals surface area contributed by atoms with E-state index in [-0.39, 0.29) is 17.5 Å². The lowest BCUT2D eigenvalue weighted by atomic mass is 10.2. The summed E-state index contributed by atoms with van der Waals surface area (Å²) in [6.07, 6.45) is 3.59. The van der Waals surface area contributed by atoms with E-state index in [1.165, 1.54) is 12.3 Å². The molecule has 98 valence electrons. The number of H-pyrrole nitrogens is 1. The predicted molar refractivity (Wildman–Crippen MR) is 69.7 cm³/mol. The lowest BCUT2D eigenvalue weighted by molar-refractivity contribution is 0.0716. The van der Waals surface area contributed by atoms with E-state index in [1.54, 1.807) is 6.07 Å². The fraction of sp³-hybridized carbons (Fsp3) is 0.538. The van der Waals surface area contributed by atoms with Gasteiger partial charge < -0.3 is 14.8 Å². The van der Waals surface area contributed by atoms with Crippen molar-refractivity contribution in [2.45, 2.75) is 18.9 Å². The van der Waals surface area contributed by atoms with Crippen LogP contribution < -0.4 is 5.56 Å². The van der Waals surface area contributed by atoms with Gasteiger partial charge in [-0.05, 0) is 33.0 Å². The summed E-state index contributed by atoms with van der Waals surface area (Å²) < 4.78 is 0. The van der Waals surface area contributed by atoms with Gasteiger partial charge in [-0.2, -0.15) is 0 Å². The summed E-state index contributed by atoms with van der Waals surface area (Å²) in [7, 11) is 4.02. The van der Waals surface area contributed by atoms with Gasteiger partial charge in [-0.1, -0.05) is 0 Å². The number of amides is 1. The lowest BCUT2D eigenvalue weighted by Gasteiger charge is -2.27. The maximum Gasteiger partial charge on any atom is 0.254 e. The highest BCUT2D eigenvalue weighted by Gasteiger charge is 2.29. The fourth-order valence-electron chi connectivity index (χ4n) is 2.46. The van der Waals surface area contributed by atoms with Crippen LogP contribution >= 0.6 is 0 Å². The van der Waals surface area contributed by atoms with Gasteiger partial charge in [0.2, 0.25) is 5.56 Å². The maximum atomic E-state index is 12.3. The Morgan fingerprint density at radius 2 is 2.33 bits per heavy atom. The summed E-state index contributed by atoms with van der Waals surface area (Å²) in [6, 6.07) is 3.29. The average Bonchev–Trinajstić information content (AvgIpc) is 2.75. The molecule has 1 unspecified atom stereocenters. The summed E-state index contributed by atoms with van der Waals surface area (Å²) >= 11 is 0. The Labute approximate surface area is 106 Å². The van der Waals surface area contributed by atoms with E-state index >= 15 is 0 Å². The molecule has 1 N–H and O–H groups in total. The number of likely N-dealkylation sites (N-methyl/N-ethyl adjacent to an activating group) is 1. The van der Waals surface area contributed by atoms with Gasteiger partial charge >= 0.3 is 0 Å². The van der Waals surface area contributed by atoms with E-state index < -0.39 is 0 Å². The first-order valence-electron chi connectivity index (χ1n) is 6.22. The number of rotatable bonds is 3. The maximum absolute atomic E-state index is 12.3. The number of carbonyl (C=O) groups excluding carboxylic acids is 1. The second-order valence-electron chi connectivity index (χ2n) is 5.00. The molecule has 0 aliphatic carbocycles. The Balaban J connectivity index is 2.15. The van der Waals surface area contributed by atoms with E-state index in [9.17, 15) is 9.59 Å². The molecule has 0 radical (unpaired) electrons. The molecule has 1 fully saturated rings. The zero-order chi connectivity index (χ0) is 13.1. The summed E-state index contributed by atoms with van der Waals surface area (Å²) in [4.78, 5) is 30.1. The Hall–Kier alpha value is -1.62. The standard InChI is InChI=1S/C13H19N3O2/c1-15(2)9-11-4-3-7-16(11)13(18)10-5-6-14-12(17)8-10/h5-6,8,11H,3-4,7,9H2,1-2H3,(H,14,17). The van der Waals surface area contributed by atoms with Gasteiger partial charge in [0.15, 0.2) is 0 Å². The molecule has 1 aliphatic rings. The number of nitrogens with one attached hydrogen (secondary N) is 1. The predicted octanol–water partition coefficient (Wildman–Crippen LogP) is 0.541. The normalized spacial score (nSPS) is 19.5. The van der Waals surface area contributed by atoms with Gasteiger partial charge in [-0.15, -0.1) is 0 Å². The molecule has 1 aromatic heterocycles. The van der Waals surface area contributed by atoms with Gasteiger partial charge in [0.25, 0.3) is 5.91 Å². The molecule has 0 spiro atoms. The van der Waals surface area contributed by atoms with Crippen LogP contribution in [0.1, 0.15) is 23.2 Å². The van der Waals surface area contributed by atoms with Crippen molar-refractivity contribution in [3.8, 4) is 0 Å². The number of hydrogen-bond donors (Lipinski definition) is 1. The zero-order valence-electron chi connectivity index (χ0n) is 10.8. The van der Waals surface area contributed by atoms with E-state index in [0.717, 1.165) is 25.9 Å². The summed E-state index contributed by atoms with van der Waals surface area (Å²) in [5.74, 6) is -0.0366. The second-order valence-corrected chi connectivity index (χ2v) is 5.00. The van der Waals surface area contributed by atoms with Gasteiger partial charge in [0.1, 0.15) is 0 Å². The number of pyridine rings is 1. The first-order chi connectivity index (χ1) is 8.58. The number of likely N-dealkylation sites (tertiary alicyclic amines) is 1. The Morgan fingerprint density at radius 3 is 3.00 bits per heavy atom. The van der Waals surface area contributed by atoms with Gasteiger partial charge in [-0.3, -0.25) is 9.59 Å². The molecule has 1 aromatic rings. The molecule has 5 nitrogen and oxygen atoms in total. The first kappa shape index (κ1) is 12.8. The smallest absolute Gasteiger partial charge is 0.254 e. The van der Waals surface area contributed by atoms with Crippen molar-refractivity contribution < 1.29 is 4.79 Å². The molecule has 2 rings (SSSR count). The minimum atomic E-state index is -0.232. The SMILES string of the molecule is CN(C)CC1CCCN1C(=O)c1cc[nH]c(=O)c1. The molecule has 0 saturated carbocycles. The van der Waals surface area contributed by atoms with Crippen LogP contribution in [0, 0.1) is 0 Å². The van der Waals surface area contributed by atoms with Crippen molar-refractivity contribution in [2.24, 2.45) is 0 Å². The van der Waals surface area contributed by atoms with Crippen LogP contribution in [0.5, 0.6) is 0 Å². The molecule has 1 saturated heterocycles. The van der Waals surface area contributed by atoms with Gasteiger partial charge in [0.05, 0.1) is 0 Å². The highest BCUT2D eigenvalue weighted by Crippen LogP contribution is 2.20. The monoisotopic (exact) mass is 249 g/mol. The third-order valence-electron chi connectivity index (χ3n) is 3.24. The Morgan fingerprint density at radius 1 is 1.56 bits per heavy atom. The lowest BCUT2D eigenvalue weighted by Crippen LogP contribution is -2.41. The third kappa shape index (κ3) is 2.79. The molecule has 1 amide bonds. The number of hydrogen-bond acceptors (Lipinski definition) is 3. The second kappa shape index (κ2) is 5.35. The fourth-order valence-corrected chi connectivity index (χ4v) is 2.46. The zero-order valence-corrected chi connectivity index (χ0v) is 10.8. The van der Waals surface area contributed by atoms with Crippen molar-refractivity contribution in [2.75, 3.05) is 27.2 Å². The molecule has 18 heavy (non-hydrogen) atoms. The van der Waals surface area contributed by atoms with E-state index in [1.807, 2.05) is 19.0 Å². The topological polar surface area (TPSA) is 56.4 Å². The molecular weight excluding hydrogens is 230 g/mol. The molecule has 1 aliphatic heterocycles. The van der Waals surface area contributed by atoms with Crippen LogP contribution in [0.2, 0.25) is 0 Å². The quantitative estimate of drug-likeness (QED) is 0.850. The van der Waals surface area contributed by atoms with E-state index in [2.05, 4.69) is 9.88 Å². The number of carbonyl (C=O) groups is 1. The van der Waals surface area contributed by atoms with Crippen LogP contribution in [-0.2, 0) is 0 Å². The number of nitrogens with zero attached hydrogens (tertiary/aromatic N) is 2. The highest BCUT2D eigenvalue weighted by molar-refractivity contribution is 5.94. The average molecular weight is 249 g/mol. The third-order valence-corrected chi connectivity index (χ3v) is 3.24. The van der Waals surface area contributed by atoms with Crippen molar-refractivity contribution in [3.05, 3.63) is 34.2 Å². The van der Waals surface area contributed by atoms with Crippen molar-refractivity contribution >= 4 is 5.91 Å². The van der Waals surface area contributed by atoms with Gasteiger partial charge in [-0.25, -0.2) is 0 Å². The largest absolute Gasteiger partial charge is 0.334 e. The number of aromatic amines is 1. The summed E-state index contributed by atoms with van der Waals surface area (Å²) in [6.45, 7) is 1.65. The van der Waals surface area contributed by atoms with Gasteiger partial charge in [0, 0.05) is 37.0 Å². The molecule has 1 atom stereocenters. The van der Waals surface area contributed by atoms with Crippen LogP contribution in [-0.4, -0.2) is 53.9 Å². The van der Waals surface area contributed by atoms with Crippen LogP contribution in [0.4, 0.5) is 0 Å². The molecule has 5 heteroatoms. The van der Waals surface area contributed by atoms with Crippen LogP contribution in [0.3, 0.4) is 0 Å². The first-order valence-corrected chi connectivity index (χ1v) is 6.22. The minimum Gasteiger partial charge on any atom is -0.334 e. The van der Waals surface area contributed by atoms with Crippen LogP contribution in [0.25, 0.3) is 0 Å². The van der Waals surface area contributed by atoms with Crippen molar-refractivity contribution in [1.82, 2.24) is 14.8 Å².